The molecule has 2 aromatic carbocycles. The van der Waals surface area contributed by atoms with E-state index in [1.807, 2.05) is 31.2 Å². The fraction of sp³-hybridized carbons (Fsp3) is 0.143. The number of carbonyl (C=O) groups excluding carboxylic acids is 2. The highest BCUT2D eigenvalue weighted by atomic mass is 16.1. The third kappa shape index (κ3) is 1.07. The molecule has 0 bridgehead atoms. The van der Waals surface area contributed by atoms with Gasteiger partial charge in [0.25, 0.3) is 0 Å². The molecule has 0 unspecified atom stereocenters. The van der Waals surface area contributed by atoms with Gasteiger partial charge >= 0.3 is 0 Å². The molecule has 1 aliphatic carbocycles. The number of hydrogen-bond donors (Lipinski definition) is 0. The van der Waals surface area contributed by atoms with Gasteiger partial charge in [0, 0.05) is 16.5 Å². The predicted molar refractivity (Wildman–Crippen MR) is 62.0 cm³/mol. The number of hydrogen-bond acceptors (Lipinski definition) is 2. The molecule has 0 amide bonds. The Morgan fingerprint density at radius 3 is 2.38 bits per heavy atom. The van der Waals surface area contributed by atoms with E-state index in [0.717, 1.165) is 16.3 Å². The number of rotatable bonds is 0. The van der Waals surface area contributed by atoms with Crippen molar-refractivity contribution in [1.82, 2.24) is 0 Å². The molecular weight excluding hydrogens is 200 g/mol. The minimum absolute atomic E-state index is 0.00910. The van der Waals surface area contributed by atoms with Crippen LogP contribution in [0, 0.1) is 6.92 Å². The van der Waals surface area contributed by atoms with Crippen molar-refractivity contribution >= 4 is 22.3 Å². The van der Waals surface area contributed by atoms with Crippen LogP contribution in [0.2, 0.25) is 0 Å². The highest BCUT2D eigenvalue weighted by Gasteiger charge is 2.25. The minimum Gasteiger partial charge on any atom is -0.294 e. The van der Waals surface area contributed by atoms with E-state index in [9.17, 15) is 9.59 Å². The summed E-state index contributed by atoms with van der Waals surface area (Å²) in [4.78, 5) is 23.5. The molecule has 2 aromatic rings. The van der Waals surface area contributed by atoms with Gasteiger partial charge in [-0.3, -0.25) is 9.59 Å². The molecule has 0 saturated heterocycles. The van der Waals surface area contributed by atoms with E-state index in [2.05, 4.69) is 0 Å². The minimum atomic E-state index is -0.0614. The first kappa shape index (κ1) is 9.28. The van der Waals surface area contributed by atoms with Crippen molar-refractivity contribution in [2.75, 3.05) is 0 Å². The Morgan fingerprint density at radius 1 is 0.938 bits per heavy atom. The van der Waals surface area contributed by atoms with Crippen LogP contribution >= 0.6 is 0 Å². The largest absolute Gasteiger partial charge is 0.294 e. The molecule has 16 heavy (non-hydrogen) atoms. The zero-order chi connectivity index (χ0) is 11.3. The molecule has 0 heterocycles. The van der Waals surface area contributed by atoms with Crippen molar-refractivity contribution in [3.8, 4) is 0 Å². The van der Waals surface area contributed by atoms with Gasteiger partial charge in [0.2, 0.25) is 0 Å². The Morgan fingerprint density at radius 2 is 1.62 bits per heavy atom. The SMILES string of the molecule is Cc1ccc2c3c(cccc13)C(=O)CC2=O. The summed E-state index contributed by atoms with van der Waals surface area (Å²) in [6.45, 7) is 1.99. The lowest BCUT2D eigenvalue weighted by atomic mass is 9.85. The smallest absolute Gasteiger partial charge is 0.171 e. The van der Waals surface area contributed by atoms with Crippen LogP contribution in [0.3, 0.4) is 0 Å². The Hall–Kier alpha value is -1.96. The lowest BCUT2D eigenvalue weighted by Gasteiger charge is -2.16. The first-order valence-electron chi connectivity index (χ1n) is 5.27. The Kier molecular flexibility index (Phi) is 1.75. The van der Waals surface area contributed by atoms with E-state index in [1.165, 1.54) is 0 Å². The third-order valence-electron chi connectivity index (χ3n) is 3.18. The van der Waals surface area contributed by atoms with Gasteiger partial charge in [-0.25, -0.2) is 0 Å². The summed E-state index contributed by atoms with van der Waals surface area (Å²) in [5.41, 5.74) is 2.48. The second-order valence-electron chi connectivity index (χ2n) is 4.18. The molecule has 0 radical (unpaired) electrons. The van der Waals surface area contributed by atoms with E-state index in [1.54, 1.807) is 6.07 Å². The van der Waals surface area contributed by atoms with Gasteiger partial charge in [-0.15, -0.1) is 0 Å². The third-order valence-corrected chi connectivity index (χ3v) is 3.18. The number of Topliss-reactive ketones (excluding diaryl/α,β-unsaturated/α-hetero) is 2. The van der Waals surface area contributed by atoms with E-state index in [0.29, 0.717) is 11.1 Å². The van der Waals surface area contributed by atoms with Crippen LogP contribution in [-0.2, 0) is 0 Å². The second kappa shape index (κ2) is 3.01. The summed E-state index contributed by atoms with van der Waals surface area (Å²) >= 11 is 0. The van der Waals surface area contributed by atoms with E-state index < -0.39 is 0 Å². The number of ketones is 2. The average molecular weight is 210 g/mol. The van der Waals surface area contributed by atoms with Gasteiger partial charge in [-0.2, -0.15) is 0 Å². The normalized spacial score (nSPS) is 14.6. The van der Waals surface area contributed by atoms with E-state index in [-0.39, 0.29) is 18.0 Å². The maximum Gasteiger partial charge on any atom is 0.171 e. The van der Waals surface area contributed by atoms with Crippen LogP contribution in [0.15, 0.2) is 30.3 Å². The molecule has 0 N–H and O–H groups in total. The zero-order valence-electron chi connectivity index (χ0n) is 8.91. The standard InChI is InChI=1S/C14H10O2/c1-8-5-6-11-13(16)7-12(15)10-4-2-3-9(8)14(10)11/h2-6H,7H2,1H3. The molecule has 0 spiro atoms. The van der Waals surface area contributed by atoms with Gasteiger partial charge in [0.05, 0.1) is 6.42 Å². The van der Waals surface area contributed by atoms with Crippen molar-refractivity contribution in [3.63, 3.8) is 0 Å². The number of aryl methyl sites for hydroxylation is 1. The predicted octanol–water partition coefficient (Wildman–Crippen LogP) is 2.92. The maximum absolute atomic E-state index is 11.8. The quantitative estimate of drug-likeness (QED) is 0.626. The van der Waals surface area contributed by atoms with Crippen LogP contribution < -0.4 is 0 Å². The highest BCUT2D eigenvalue weighted by Crippen LogP contribution is 2.31. The first-order valence-corrected chi connectivity index (χ1v) is 5.27. The topological polar surface area (TPSA) is 34.1 Å². The molecule has 2 nitrogen and oxygen atoms in total. The molecule has 0 fully saturated rings. The van der Waals surface area contributed by atoms with Crippen molar-refractivity contribution in [2.24, 2.45) is 0 Å². The molecule has 2 heteroatoms. The Labute approximate surface area is 92.9 Å². The van der Waals surface area contributed by atoms with Crippen LogP contribution in [0.5, 0.6) is 0 Å². The Bertz CT molecular complexity index is 618. The van der Waals surface area contributed by atoms with Crippen molar-refractivity contribution in [1.29, 1.82) is 0 Å². The van der Waals surface area contributed by atoms with Gasteiger partial charge in [-0.1, -0.05) is 30.3 Å². The molecule has 1 aliphatic rings. The van der Waals surface area contributed by atoms with Crippen LogP contribution in [0.25, 0.3) is 10.8 Å². The molecular formula is C14H10O2. The highest BCUT2D eigenvalue weighted by molar-refractivity contribution is 6.27. The Balaban J connectivity index is 2.57. The fourth-order valence-corrected chi connectivity index (χ4v) is 2.35. The van der Waals surface area contributed by atoms with Crippen LogP contribution in [0.4, 0.5) is 0 Å². The lowest BCUT2D eigenvalue weighted by molar-refractivity contribution is 0.0890. The van der Waals surface area contributed by atoms with Crippen molar-refractivity contribution in [3.05, 3.63) is 47.0 Å². The van der Waals surface area contributed by atoms with Crippen molar-refractivity contribution < 1.29 is 9.59 Å². The van der Waals surface area contributed by atoms with Gasteiger partial charge in [0.15, 0.2) is 11.6 Å². The molecule has 78 valence electrons. The monoisotopic (exact) mass is 210 g/mol. The fourth-order valence-electron chi connectivity index (χ4n) is 2.35. The summed E-state index contributed by atoms with van der Waals surface area (Å²) < 4.78 is 0. The van der Waals surface area contributed by atoms with Gasteiger partial charge in [-0.05, 0) is 17.9 Å². The molecule has 0 atom stereocenters. The van der Waals surface area contributed by atoms with Gasteiger partial charge in [0.1, 0.15) is 0 Å². The summed E-state index contributed by atoms with van der Waals surface area (Å²) in [7, 11) is 0. The van der Waals surface area contributed by atoms with Gasteiger partial charge < -0.3 is 0 Å². The van der Waals surface area contributed by atoms with E-state index >= 15 is 0 Å². The molecule has 0 aromatic heterocycles. The number of carbonyl (C=O) groups is 2. The lowest BCUT2D eigenvalue weighted by Crippen LogP contribution is -2.16. The van der Waals surface area contributed by atoms with Crippen LogP contribution in [0.1, 0.15) is 32.7 Å². The molecule has 0 aliphatic heterocycles. The summed E-state index contributed by atoms with van der Waals surface area (Å²) in [6.07, 6.45) is 0.00910. The average Bonchev–Trinajstić information content (AvgIpc) is 2.27. The number of benzene rings is 2. The zero-order valence-corrected chi connectivity index (χ0v) is 8.91. The molecule has 0 saturated carbocycles. The second-order valence-corrected chi connectivity index (χ2v) is 4.18. The summed E-state index contributed by atoms with van der Waals surface area (Å²) in [5, 5.41) is 1.85. The summed E-state index contributed by atoms with van der Waals surface area (Å²) in [6, 6.07) is 9.41. The van der Waals surface area contributed by atoms with Crippen LogP contribution in [-0.4, -0.2) is 11.6 Å². The maximum atomic E-state index is 11.8. The van der Waals surface area contributed by atoms with E-state index in [4.69, 9.17) is 0 Å². The summed E-state index contributed by atoms with van der Waals surface area (Å²) in [5.74, 6) is -0.123. The first-order chi connectivity index (χ1) is 7.68. The molecule has 3 rings (SSSR count). The van der Waals surface area contributed by atoms with Crippen molar-refractivity contribution in [2.45, 2.75) is 13.3 Å².